The largest absolute Gasteiger partial charge is 0.383 e. The van der Waals surface area contributed by atoms with Gasteiger partial charge in [0.2, 0.25) is 0 Å². The molecule has 0 aliphatic rings. The molecule has 0 radical (unpaired) electrons. The third-order valence-electron chi connectivity index (χ3n) is 4.20. The minimum atomic E-state index is 0.185. The second-order valence-corrected chi connectivity index (χ2v) is 5.91. The number of benzene rings is 1. The minimum absolute atomic E-state index is 0.185. The first-order valence-corrected chi connectivity index (χ1v) is 8.25. The Morgan fingerprint density at radius 1 is 1.27 bits per heavy atom. The first kappa shape index (κ1) is 15.8. The highest BCUT2D eigenvalue weighted by molar-refractivity contribution is 5.83. The van der Waals surface area contributed by atoms with E-state index in [0.29, 0.717) is 22.5 Å². The number of hydrogen-bond donors (Lipinski definition) is 2. The molecule has 4 aromatic rings. The second kappa shape index (κ2) is 6.29. The summed E-state index contributed by atoms with van der Waals surface area (Å²) in [5.74, 6) is 0.185. The maximum Gasteiger partial charge on any atom is 0.142 e. The molecule has 26 heavy (non-hydrogen) atoms. The number of nitrogen functional groups attached to an aromatic ring is 1. The van der Waals surface area contributed by atoms with Crippen molar-refractivity contribution in [3.05, 3.63) is 42.1 Å². The zero-order valence-corrected chi connectivity index (χ0v) is 14.1. The number of rotatable bonds is 4. The van der Waals surface area contributed by atoms with E-state index in [1.807, 2.05) is 28.9 Å². The van der Waals surface area contributed by atoms with Gasteiger partial charge in [0, 0.05) is 23.9 Å². The number of fused-ring (bicyclic) bond motifs is 1. The summed E-state index contributed by atoms with van der Waals surface area (Å²) in [7, 11) is 0. The van der Waals surface area contributed by atoms with Crippen LogP contribution in [-0.2, 0) is 6.54 Å². The van der Waals surface area contributed by atoms with Gasteiger partial charge in [-0.15, -0.1) is 5.10 Å². The molecule has 3 N–H and O–H groups in total. The third-order valence-corrected chi connectivity index (χ3v) is 4.20. The Hall–Kier alpha value is -3.73. The van der Waals surface area contributed by atoms with Gasteiger partial charge in [-0.25, -0.2) is 9.67 Å². The van der Waals surface area contributed by atoms with Crippen LogP contribution in [0.3, 0.4) is 0 Å². The van der Waals surface area contributed by atoms with Gasteiger partial charge < -0.3 is 5.73 Å². The van der Waals surface area contributed by atoms with Crippen LogP contribution in [0.25, 0.3) is 33.5 Å². The van der Waals surface area contributed by atoms with Gasteiger partial charge in [0.1, 0.15) is 23.0 Å². The average molecular weight is 344 g/mol. The Morgan fingerprint density at radius 2 is 2.15 bits per heavy atom. The summed E-state index contributed by atoms with van der Waals surface area (Å²) in [6, 6.07) is 11.6. The molecule has 0 unspecified atom stereocenters. The quantitative estimate of drug-likeness (QED) is 0.587. The molecule has 0 aliphatic carbocycles. The number of pyridine rings is 1. The first-order valence-electron chi connectivity index (χ1n) is 8.25. The van der Waals surface area contributed by atoms with Crippen molar-refractivity contribution in [2.75, 3.05) is 5.73 Å². The lowest BCUT2D eigenvalue weighted by Gasteiger charge is -2.09. The van der Waals surface area contributed by atoms with Gasteiger partial charge in [0.05, 0.1) is 16.9 Å². The van der Waals surface area contributed by atoms with Crippen molar-refractivity contribution in [2.24, 2.45) is 0 Å². The monoisotopic (exact) mass is 344 g/mol. The molecule has 0 spiro atoms. The fourth-order valence-electron chi connectivity index (χ4n) is 2.96. The van der Waals surface area contributed by atoms with Crippen LogP contribution in [0.15, 0.2) is 36.5 Å². The summed E-state index contributed by atoms with van der Waals surface area (Å²) < 4.78 is 1.88. The van der Waals surface area contributed by atoms with Crippen LogP contribution in [0.5, 0.6) is 0 Å². The lowest BCUT2D eigenvalue weighted by Crippen LogP contribution is -2.00. The number of nitrogens with zero attached hydrogens (tertiary/aromatic N) is 6. The van der Waals surface area contributed by atoms with Crippen molar-refractivity contribution < 1.29 is 0 Å². The molecule has 0 fully saturated rings. The minimum Gasteiger partial charge on any atom is -0.383 e. The van der Waals surface area contributed by atoms with Crippen molar-refractivity contribution in [3.63, 3.8) is 0 Å². The number of aromatic nitrogens is 6. The standard InChI is InChI=1S/C18H16N8/c1-2-7-26-17-4-3-11(8-16(17)24-25-26)15-9-12(14-5-6-21-23-14)13(10-19)18(20)22-15/h3-6,8-9H,2,7H2,1H3,(H2,20,22)(H,21,23). The van der Waals surface area contributed by atoms with Crippen LogP contribution in [-0.4, -0.2) is 30.2 Å². The Morgan fingerprint density at radius 3 is 2.88 bits per heavy atom. The van der Waals surface area contributed by atoms with Gasteiger partial charge in [0.15, 0.2) is 0 Å². The Bertz CT molecular complexity index is 1120. The van der Waals surface area contributed by atoms with E-state index in [4.69, 9.17) is 5.73 Å². The van der Waals surface area contributed by atoms with Gasteiger partial charge in [-0.05, 0) is 30.7 Å². The molecule has 1 aromatic carbocycles. The number of aromatic amines is 1. The molecule has 0 aliphatic heterocycles. The van der Waals surface area contributed by atoms with Crippen LogP contribution < -0.4 is 5.73 Å². The average Bonchev–Trinajstić information content (AvgIpc) is 3.31. The number of nitrogens with two attached hydrogens (primary N) is 1. The summed E-state index contributed by atoms with van der Waals surface area (Å²) in [5.41, 5.74) is 11.0. The number of nitrogens with one attached hydrogen (secondary N) is 1. The molecule has 8 nitrogen and oxygen atoms in total. The summed E-state index contributed by atoms with van der Waals surface area (Å²) in [4.78, 5) is 4.40. The van der Waals surface area contributed by atoms with Crippen LogP contribution in [0.2, 0.25) is 0 Å². The van der Waals surface area contributed by atoms with E-state index >= 15 is 0 Å². The van der Waals surface area contributed by atoms with E-state index < -0.39 is 0 Å². The van der Waals surface area contributed by atoms with Crippen molar-refractivity contribution in [1.29, 1.82) is 5.26 Å². The molecule has 4 rings (SSSR count). The van der Waals surface area contributed by atoms with Crippen LogP contribution in [0.1, 0.15) is 18.9 Å². The summed E-state index contributed by atoms with van der Waals surface area (Å²) in [5, 5.41) is 24.7. The highest BCUT2D eigenvalue weighted by atomic mass is 15.4. The first-order chi connectivity index (χ1) is 12.7. The van der Waals surface area contributed by atoms with E-state index in [1.165, 1.54) is 0 Å². The van der Waals surface area contributed by atoms with E-state index in [1.54, 1.807) is 12.3 Å². The van der Waals surface area contributed by atoms with Gasteiger partial charge in [0.25, 0.3) is 0 Å². The molecule has 0 bridgehead atoms. The Balaban J connectivity index is 1.86. The highest BCUT2D eigenvalue weighted by Gasteiger charge is 2.15. The van der Waals surface area contributed by atoms with Crippen molar-refractivity contribution >= 4 is 16.9 Å². The molecule has 3 aromatic heterocycles. The molecule has 128 valence electrons. The molecule has 0 saturated carbocycles. The molecule has 3 heterocycles. The lowest BCUT2D eigenvalue weighted by molar-refractivity contribution is 0.596. The number of H-pyrrole nitrogens is 1. The topological polar surface area (TPSA) is 122 Å². The summed E-state index contributed by atoms with van der Waals surface area (Å²) in [6.07, 6.45) is 2.62. The van der Waals surface area contributed by atoms with Crippen molar-refractivity contribution in [1.82, 2.24) is 30.2 Å². The lowest BCUT2D eigenvalue weighted by atomic mass is 10.0. The van der Waals surface area contributed by atoms with Gasteiger partial charge in [-0.2, -0.15) is 10.4 Å². The van der Waals surface area contributed by atoms with Crippen molar-refractivity contribution in [3.8, 4) is 28.6 Å². The van der Waals surface area contributed by atoms with Crippen LogP contribution in [0.4, 0.5) is 5.82 Å². The fraction of sp³-hybridized carbons (Fsp3) is 0.167. The molecule has 0 atom stereocenters. The van der Waals surface area contributed by atoms with E-state index in [9.17, 15) is 5.26 Å². The molecule has 0 saturated heterocycles. The summed E-state index contributed by atoms with van der Waals surface area (Å²) in [6.45, 7) is 2.92. The Kier molecular flexibility index (Phi) is 3.82. The third kappa shape index (κ3) is 2.56. The molecule has 8 heteroatoms. The highest BCUT2D eigenvalue weighted by Crippen LogP contribution is 2.31. The van der Waals surface area contributed by atoms with Crippen molar-refractivity contribution in [2.45, 2.75) is 19.9 Å². The predicted octanol–water partition coefficient (Wildman–Crippen LogP) is 2.75. The van der Waals surface area contributed by atoms with Gasteiger partial charge >= 0.3 is 0 Å². The van der Waals surface area contributed by atoms with Gasteiger partial charge in [-0.1, -0.05) is 18.2 Å². The smallest absolute Gasteiger partial charge is 0.142 e. The van der Waals surface area contributed by atoms with Gasteiger partial charge in [-0.3, -0.25) is 5.10 Å². The van der Waals surface area contributed by atoms with E-state index in [2.05, 4.69) is 38.5 Å². The maximum absolute atomic E-state index is 9.43. The number of anilines is 1. The zero-order valence-electron chi connectivity index (χ0n) is 14.1. The molecular formula is C18H16N8. The molecular weight excluding hydrogens is 328 g/mol. The number of aryl methyl sites for hydroxylation is 1. The number of nitriles is 1. The SMILES string of the molecule is CCCn1nnc2cc(-c3cc(-c4ccn[nH]4)c(C#N)c(N)n3)ccc21. The number of hydrogen-bond acceptors (Lipinski definition) is 6. The normalized spacial score (nSPS) is 10.9. The maximum atomic E-state index is 9.43. The second-order valence-electron chi connectivity index (χ2n) is 5.91. The molecule has 0 amide bonds. The van der Waals surface area contributed by atoms with Crippen LogP contribution in [0, 0.1) is 11.3 Å². The van der Waals surface area contributed by atoms with Crippen LogP contribution >= 0.6 is 0 Å². The summed E-state index contributed by atoms with van der Waals surface area (Å²) >= 11 is 0. The Labute approximate surface area is 149 Å². The zero-order chi connectivity index (χ0) is 18.1. The van der Waals surface area contributed by atoms with E-state index in [-0.39, 0.29) is 5.82 Å². The fourth-order valence-corrected chi connectivity index (χ4v) is 2.96. The predicted molar refractivity (Wildman–Crippen MR) is 97.8 cm³/mol. The van der Waals surface area contributed by atoms with E-state index in [0.717, 1.165) is 29.6 Å².